The lowest BCUT2D eigenvalue weighted by molar-refractivity contribution is 0.0465. The zero-order chi connectivity index (χ0) is 13.5. The number of aromatic carboxylic acids is 1. The van der Waals surface area contributed by atoms with Crippen LogP contribution in [0.15, 0.2) is 36.4 Å². The van der Waals surface area contributed by atoms with Crippen LogP contribution in [0.4, 0.5) is 0 Å². The fourth-order valence-corrected chi connectivity index (χ4v) is 1.33. The van der Waals surface area contributed by atoms with E-state index in [1.54, 1.807) is 19.1 Å². The molecule has 0 amide bonds. The van der Waals surface area contributed by atoms with Gasteiger partial charge < -0.3 is 9.84 Å². The Labute approximate surface area is 105 Å². The van der Waals surface area contributed by atoms with E-state index < -0.39 is 18.0 Å². The SMILES string of the molecule is C#C[C@@H](/C=C\C)OC(=O)c1ccccc1C(=O)O. The molecule has 1 rings (SSSR count). The maximum absolute atomic E-state index is 11.8. The third kappa shape index (κ3) is 3.22. The number of esters is 1. The van der Waals surface area contributed by atoms with Crippen molar-refractivity contribution in [2.45, 2.75) is 13.0 Å². The lowest BCUT2D eigenvalue weighted by atomic mass is 10.1. The van der Waals surface area contributed by atoms with E-state index in [-0.39, 0.29) is 11.1 Å². The number of carboxylic acids is 1. The van der Waals surface area contributed by atoms with E-state index in [2.05, 4.69) is 5.92 Å². The van der Waals surface area contributed by atoms with Gasteiger partial charge in [-0.3, -0.25) is 0 Å². The van der Waals surface area contributed by atoms with Gasteiger partial charge in [-0.2, -0.15) is 0 Å². The molecule has 0 spiro atoms. The number of hydrogen-bond acceptors (Lipinski definition) is 3. The molecule has 0 saturated carbocycles. The van der Waals surface area contributed by atoms with Crippen molar-refractivity contribution in [3.8, 4) is 12.3 Å². The molecule has 92 valence electrons. The Morgan fingerprint density at radius 3 is 2.50 bits per heavy atom. The average molecular weight is 244 g/mol. The highest BCUT2D eigenvalue weighted by Gasteiger charge is 2.18. The van der Waals surface area contributed by atoms with Crippen molar-refractivity contribution < 1.29 is 19.4 Å². The molecular formula is C14H12O4. The highest BCUT2D eigenvalue weighted by Crippen LogP contribution is 2.11. The van der Waals surface area contributed by atoms with Crippen LogP contribution in [0.3, 0.4) is 0 Å². The molecule has 18 heavy (non-hydrogen) atoms. The summed E-state index contributed by atoms with van der Waals surface area (Å²) in [5.41, 5.74) is -0.131. The monoisotopic (exact) mass is 244 g/mol. The van der Waals surface area contributed by atoms with Crippen LogP contribution in [0, 0.1) is 12.3 Å². The van der Waals surface area contributed by atoms with E-state index in [1.807, 2.05) is 0 Å². The maximum Gasteiger partial charge on any atom is 0.340 e. The van der Waals surface area contributed by atoms with Gasteiger partial charge in [0, 0.05) is 0 Å². The molecule has 0 aliphatic carbocycles. The maximum atomic E-state index is 11.8. The summed E-state index contributed by atoms with van der Waals surface area (Å²) in [6, 6.07) is 5.81. The van der Waals surface area contributed by atoms with Gasteiger partial charge in [-0.1, -0.05) is 24.1 Å². The highest BCUT2D eigenvalue weighted by molar-refractivity contribution is 6.02. The second-order valence-electron chi connectivity index (χ2n) is 3.37. The first-order valence-electron chi connectivity index (χ1n) is 5.22. The Hall–Kier alpha value is -2.54. The second-order valence-corrected chi connectivity index (χ2v) is 3.37. The quantitative estimate of drug-likeness (QED) is 0.500. The molecule has 0 radical (unpaired) electrons. The fraction of sp³-hybridized carbons (Fsp3) is 0.143. The lowest BCUT2D eigenvalue weighted by Gasteiger charge is -2.09. The van der Waals surface area contributed by atoms with Gasteiger partial charge in [-0.05, 0) is 25.1 Å². The number of terminal acetylenes is 1. The van der Waals surface area contributed by atoms with Crippen molar-refractivity contribution in [1.29, 1.82) is 0 Å². The van der Waals surface area contributed by atoms with E-state index in [9.17, 15) is 9.59 Å². The summed E-state index contributed by atoms with van der Waals surface area (Å²) >= 11 is 0. The molecule has 0 unspecified atom stereocenters. The topological polar surface area (TPSA) is 63.6 Å². The zero-order valence-corrected chi connectivity index (χ0v) is 9.79. The summed E-state index contributed by atoms with van der Waals surface area (Å²) in [4.78, 5) is 22.7. The molecule has 0 bridgehead atoms. The van der Waals surface area contributed by atoms with Crippen molar-refractivity contribution in [1.82, 2.24) is 0 Å². The minimum absolute atomic E-state index is 0.0187. The minimum atomic E-state index is -1.19. The van der Waals surface area contributed by atoms with E-state index in [1.165, 1.54) is 24.3 Å². The second kappa shape index (κ2) is 6.26. The van der Waals surface area contributed by atoms with Crippen molar-refractivity contribution >= 4 is 11.9 Å². The smallest absolute Gasteiger partial charge is 0.340 e. The van der Waals surface area contributed by atoms with Gasteiger partial charge in [0.25, 0.3) is 0 Å². The van der Waals surface area contributed by atoms with E-state index in [0.717, 1.165) is 0 Å². The van der Waals surface area contributed by atoms with Gasteiger partial charge in [0.2, 0.25) is 0 Å². The number of allylic oxidation sites excluding steroid dienone is 1. The van der Waals surface area contributed by atoms with Crippen LogP contribution in [0.5, 0.6) is 0 Å². The molecule has 0 heterocycles. The van der Waals surface area contributed by atoms with Gasteiger partial charge in [0.05, 0.1) is 11.1 Å². The Morgan fingerprint density at radius 2 is 2.00 bits per heavy atom. The molecule has 1 aromatic rings. The first-order chi connectivity index (χ1) is 8.60. The standard InChI is InChI=1S/C14H12O4/c1-3-7-10(4-2)18-14(17)12-9-6-5-8-11(12)13(15)16/h2-3,5-10H,1H3,(H,15,16)/b7-3-/t10-/m0/s1. The average Bonchev–Trinajstić information content (AvgIpc) is 2.38. The molecule has 0 aliphatic heterocycles. The first kappa shape index (κ1) is 13.5. The Kier molecular flexibility index (Phi) is 4.70. The predicted molar refractivity (Wildman–Crippen MR) is 66.3 cm³/mol. The molecule has 4 nitrogen and oxygen atoms in total. The summed E-state index contributed by atoms with van der Waals surface area (Å²) in [5.74, 6) is 0.330. The molecule has 0 aromatic heterocycles. The van der Waals surface area contributed by atoms with Gasteiger partial charge >= 0.3 is 11.9 Å². The van der Waals surface area contributed by atoms with Crippen LogP contribution < -0.4 is 0 Å². The number of hydrogen-bond donors (Lipinski definition) is 1. The summed E-state index contributed by atoms with van der Waals surface area (Å²) < 4.78 is 4.99. The predicted octanol–water partition coefficient (Wildman–Crippen LogP) is 2.12. The van der Waals surface area contributed by atoms with E-state index >= 15 is 0 Å². The normalized spacial score (nSPS) is 11.8. The van der Waals surface area contributed by atoms with Crippen molar-refractivity contribution in [2.75, 3.05) is 0 Å². The number of ether oxygens (including phenoxy) is 1. The summed E-state index contributed by atoms with van der Waals surface area (Å²) in [7, 11) is 0. The number of benzene rings is 1. The number of carboxylic acid groups (broad SMARTS) is 1. The zero-order valence-electron chi connectivity index (χ0n) is 9.79. The molecular weight excluding hydrogens is 232 g/mol. The van der Waals surface area contributed by atoms with Gasteiger partial charge in [-0.15, -0.1) is 6.42 Å². The van der Waals surface area contributed by atoms with E-state index in [4.69, 9.17) is 16.3 Å². The molecule has 1 atom stereocenters. The van der Waals surface area contributed by atoms with Crippen LogP contribution in [-0.4, -0.2) is 23.1 Å². The minimum Gasteiger partial charge on any atom is -0.478 e. The summed E-state index contributed by atoms with van der Waals surface area (Å²) in [6.07, 6.45) is 7.57. The van der Waals surface area contributed by atoms with Gasteiger partial charge in [-0.25, -0.2) is 9.59 Å². The van der Waals surface area contributed by atoms with Crippen LogP contribution in [0.25, 0.3) is 0 Å². The third-order valence-corrected chi connectivity index (χ3v) is 2.14. The largest absolute Gasteiger partial charge is 0.478 e. The lowest BCUT2D eigenvalue weighted by Crippen LogP contribution is -2.17. The van der Waals surface area contributed by atoms with Crippen LogP contribution in [-0.2, 0) is 4.74 Å². The van der Waals surface area contributed by atoms with Gasteiger partial charge in [0.15, 0.2) is 6.10 Å². The number of rotatable bonds is 4. The van der Waals surface area contributed by atoms with Crippen LogP contribution in [0.1, 0.15) is 27.6 Å². The first-order valence-corrected chi connectivity index (χ1v) is 5.22. The fourth-order valence-electron chi connectivity index (χ4n) is 1.33. The Bertz CT molecular complexity index is 523. The van der Waals surface area contributed by atoms with Crippen molar-refractivity contribution in [3.05, 3.63) is 47.5 Å². The van der Waals surface area contributed by atoms with E-state index in [0.29, 0.717) is 0 Å². The number of carbonyl (C=O) groups excluding carboxylic acids is 1. The summed E-state index contributed by atoms with van der Waals surface area (Å²) in [5, 5.41) is 8.95. The van der Waals surface area contributed by atoms with Gasteiger partial charge in [0.1, 0.15) is 0 Å². The molecule has 1 aromatic carbocycles. The molecule has 0 aliphatic rings. The highest BCUT2D eigenvalue weighted by atomic mass is 16.5. The third-order valence-electron chi connectivity index (χ3n) is 2.14. The molecule has 0 saturated heterocycles. The van der Waals surface area contributed by atoms with Crippen LogP contribution in [0.2, 0.25) is 0 Å². The van der Waals surface area contributed by atoms with Crippen molar-refractivity contribution in [3.63, 3.8) is 0 Å². The van der Waals surface area contributed by atoms with Crippen molar-refractivity contribution in [2.24, 2.45) is 0 Å². The Balaban J connectivity index is 2.98. The summed E-state index contributed by atoms with van der Waals surface area (Å²) in [6.45, 7) is 1.74. The molecule has 0 fully saturated rings. The molecule has 1 N–H and O–H groups in total. The number of carbonyl (C=O) groups is 2. The van der Waals surface area contributed by atoms with Crippen LogP contribution >= 0.6 is 0 Å². The molecule has 4 heteroatoms. The Morgan fingerprint density at radius 1 is 1.39 bits per heavy atom.